The van der Waals surface area contributed by atoms with Crippen LogP contribution in [0.3, 0.4) is 0 Å². The van der Waals surface area contributed by atoms with E-state index in [1.165, 1.54) is 12.5 Å². The first-order valence-corrected chi connectivity index (χ1v) is 4.81. The van der Waals surface area contributed by atoms with Crippen LogP contribution < -0.4 is 5.73 Å². The highest BCUT2D eigenvalue weighted by Crippen LogP contribution is 2.23. The van der Waals surface area contributed by atoms with Crippen LogP contribution in [0.25, 0.3) is 0 Å². The van der Waals surface area contributed by atoms with Crippen molar-refractivity contribution in [2.75, 3.05) is 5.75 Å². The summed E-state index contributed by atoms with van der Waals surface area (Å²) in [4.78, 5) is 10.5. The first-order valence-electron chi connectivity index (χ1n) is 3.01. The van der Waals surface area contributed by atoms with E-state index in [-0.39, 0.29) is 5.75 Å². The third kappa shape index (κ3) is 4.21. The summed E-state index contributed by atoms with van der Waals surface area (Å²) < 4.78 is 0.328. The van der Waals surface area contributed by atoms with Crippen LogP contribution in [0.4, 0.5) is 0 Å². The van der Waals surface area contributed by atoms with E-state index in [1.54, 1.807) is 0 Å². The molecule has 70 valence electrons. The molecule has 0 amide bonds. The Balaban J connectivity index is 4.01. The van der Waals surface area contributed by atoms with Gasteiger partial charge in [0.05, 0.1) is 4.36 Å². The smallest absolute Gasteiger partial charge is 0.324 e. The number of carboxylic acids is 1. The van der Waals surface area contributed by atoms with Gasteiger partial charge >= 0.3 is 5.97 Å². The van der Waals surface area contributed by atoms with Gasteiger partial charge in [0, 0.05) is 11.3 Å². The predicted molar refractivity (Wildman–Crippen MR) is 52.5 cm³/mol. The summed E-state index contributed by atoms with van der Waals surface area (Å²) in [6, 6.07) is 0. The number of thioether (sulfide) groups is 1. The van der Waals surface area contributed by atoms with Crippen LogP contribution in [0.2, 0.25) is 0 Å². The van der Waals surface area contributed by atoms with Gasteiger partial charge < -0.3 is 10.8 Å². The summed E-state index contributed by atoms with van der Waals surface area (Å²) >= 11 is 11.9. The minimum Gasteiger partial charge on any atom is -0.480 e. The lowest BCUT2D eigenvalue weighted by Gasteiger charge is -2.17. The summed E-state index contributed by atoms with van der Waals surface area (Å²) in [5, 5.41) is 8.59. The normalized spacial score (nSPS) is 17.2. The molecule has 0 rings (SSSR count). The fourth-order valence-electron chi connectivity index (χ4n) is 0.312. The van der Waals surface area contributed by atoms with E-state index in [4.69, 9.17) is 34.0 Å². The summed E-state index contributed by atoms with van der Waals surface area (Å²) in [7, 11) is 0. The summed E-state index contributed by atoms with van der Waals surface area (Å²) in [5.41, 5.74) is 5.31. The molecule has 12 heavy (non-hydrogen) atoms. The molecular formula is C6H9Cl2NO2S. The van der Waals surface area contributed by atoms with Crippen molar-refractivity contribution in [1.82, 2.24) is 0 Å². The number of carboxylic acid groups (broad SMARTS) is 1. The Kier molecular flexibility index (Phi) is 5.01. The van der Waals surface area contributed by atoms with Crippen molar-refractivity contribution in [3.8, 4) is 0 Å². The van der Waals surface area contributed by atoms with Crippen molar-refractivity contribution >= 4 is 40.9 Å². The number of nitrogens with two attached hydrogens (primary N) is 1. The van der Waals surface area contributed by atoms with Crippen LogP contribution in [-0.2, 0) is 4.79 Å². The monoisotopic (exact) mass is 229 g/mol. The lowest BCUT2D eigenvalue weighted by atomic mass is 10.1. The Bertz CT molecular complexity index is 206. The average molecular weight is 230 g/mol. The zero-order chi connectivity index (χ0) is 9.78. The van der Waals surface area contributed by atoms with Crippen molar-refractivity contribution in [2.45, 2.75) is 12.5 Å². The van der Waals surface area contributed by atoms with Gasteiger partial charge in [0.25, 0.3) is 0 Å². The minimum atomic E-state index is -1.27. The Labute approximate surface area is 84.9 Å². The molecule has 0 aliphatic heterocycles. The number of rotatable bonds is 4. The Morgan fingerprint density at radius 2 is 2.33 bits per heavy atom. The molecule has 0 aromatic rings. The molecule has 0 fully saturated rings. The Morgan fingerprint density at radius 3 is 2.67 bits per heavy atom. The van der Waals surface area contributed by atoms with Gasteiger partial charge in [-0.25, -0.2) is 0 Å². The fourth-order valence-corrected chi connectivity index (χ4v) is 1.29. The quantitative estimate of drug-likeness (QED) is 0.772. The van der Waals surface area contributed by atoms with Crippen molar-refractivity contribution in [3.63, 3.8) is 0 Å². The maximum atomic E-state index is 10.5. The molecule has 0 saturated carbocycles. The molecule has 0 aromatic carbocycles. The predicted octanol–water partition coefficient (Wildman–Crippen LogP) is 1.80. The largest absolute Gasteiger partial charge is 0.480 e. The zero-order valence-corrected chi connectivity index (χ0v) is 8.71. The van der Waals surface area contributed by atoms with Gasteiger partial charge in [-0.05, 0) is 6.92 Å². The second-order valence-electron chi connectivity index (χ2n) is 2.42. The third-order valence-corrected chi connectivity index (χ3v) is 3.12. The van der Waals surface area contributed by atoms with Crippen molar-refractivity contribution in [1.29, 1.82) is 0 Å². The Morgan fingerprint density at radius 1 is 1.83 bits per heavy atom. The Hall–Kier alpha value is 0.1000. The second kappa shape index (κ2) is 4.97. The molecule has 0 bridgehead atoms. The molecule has 1 atom stereocenters. The fraction of sp³-hybridized carbons (Fsp3) is 0.500. The van der Waals surface area contributed by atoms with E-state index in [0.29, 0.717) is 4.36 Å². The maximum Gasteiger partial charge on any atom is 0.324 e. The molecule has 0 aliphatic rings. The van der Waals surface area contributed by atoms with Gasteiger partial charge in [-0.15, -0.1) is 11.8 Å². The standard InChI is InChI=1S/C6H9Cl2NO2S/c1-6(9,5(10)11)3-12-4(8)2-7/h2H,3,9H2,1H3,(H,10,11)/t6-/m0/s1. The molecule has 3 nitrogen and oxygen atoms in total. The van der Waals surface area contributed by atoms with E-state index in [2.05, 4.69) is 0 Å². The van der Waals surface area contributed by atoms with Crippen molar-refractivity contribution < 1.29 is 9.90 Å². The van der Waals surface area contributed by atoms with E-state index >= 15 is 0 Å². The number of carbonyl (C=O) groups is 1. The number of aliphatic carboxylic acids is 1. The van der Waals surface area contributed by atoms with Crippen LogP contribution in [0.5, 0.6) is 0 Å². The van der Waals surface area contributed by atoms with Crippen molar-refractivity contribution in [2.24, 2.45) is 5.73 Å². The SMILES string of the molecule is C[C@](N)(CSC(Cl)=CCl)C(=O)O. The second-order valence-corrected chi connectivity index (χ2v) is 4.29. The van der Waals surface area contributed by atoms with E-state index in [1.807, 2.05) is 0 Å². The van der Waals surface area contributed by atoms with Gasteiger partial charge in [0.1, 0.15) is 5.54 Å². The summed E-state index contributed by atoms with van der Waals surface area (Å²) in [6.07, 6.45) is 0. The van der Waals surface area contributed by atoms with Gasteiger partial charge in [-0.1, -0.05) is 23.2 Å². The number of hydrogen-bond acceptors (Lipinski definition) is 3. The van der Waals surface area contributed by atoms with Crippen LogP contribution in [0.15, 0.2) is 9.90 Å². The van der Waals surface area contributed by atoms with E-state index < -0.39 is 11.5 Å². The molecule has 0 saturated heterocycles. The molecule has 3 N–H and O–H groups in total. The van der Waals surface area contributed by atoms with E-state index in [9.17, 15) is 4.79 Å². The highest BCUT2D eigenvalue weighted by atomic mass is 35.5. The average Bonchev–Trinajstić information content (AvgIpc) is 2.00. The molecule has 0 heterocycles. The first kappa shape index (κ1) is 12.1. The molecular weight excluding hydrogens is 221 g/mol. The molecule has 0 spiro atoms. The first-order chi connectivity index (χ1) is 5.40. The van der Waals surface area contributed by atoms with Crippen molar-refractivity contribution in [3.05, 3.63) is 9.90 Å². The van der Waals surface area contributed by atoms with Crippen LogP contribution in [0, 0.1) is 0 Å². The molecule has 0 unspecified atom stereocenters. The highest BCUT2D eigenvalue weighted by Gasteiger charge is 2.27. The van der Waals surface area contributed by atoms with Gasteiger partial charge in [0.15, 0.2) is 0 Å². The highest BCUT2D eigenvalue weighted by molar-refractivity contribution is 8.04. The molecule has 0 aromatic heterocycles. The number of hydrogen-bond donors (Lipinski definition) is 2. The van der Waals surface area contributed by atoms with Gasteiger partial charge in [-0.2, -0.15) is 0 Å². The zero-order valence-electron chi connectivity index (χ0n) is 6.38. The lowest BCUT2D eigenvalue weighted by molar-refractivity contribution is -0.141. The van der Waals surface area contributed by atoms with Gasteiger partial charge in [0.2, 0.25) is 0 Å². The molecule has 0 aliphatic carbocycles. The maximum absolute atomic E-state index is 10.5. The van der Waals surface area contributed by atoms with Crippen LogP contribution in [0.1, 0.15) is 6.92 Å². The minimum absolute atomic E-state index is 0.185. The third-order valence-electron chi connectivity index (χ3n) is 1.08. The van der Waals surface area contributed by atoms with Crippen LogP contribution in [-0.4, -0.2) is 22.4 Å². The van der Waals surface area contributed by atoms with Gasteiger partial charge in [-0.3, -0.25) is 4.79 Å². The molecule has 0 radical (unpaired) electrons. The molecule has 6 heteroatoms. The summed E-state index contributed by atoms with van der Waals surface area (Å²) in [6.45, 7) is 1.42. The lowest BCUT2D eigenvalue weighted by Crippen LogP contribution is -2.47. The topological polar surface area (TPSA) is 63.3 Å². The van der Waals surface area contributed by atoms with E-state index in [0.717, 1.165) is 11.8 Å². The van der Waals surface area contributed by atoms with Crippen LogP contribution >= 0.6 is 35.0 Å². The number of halogens is 2. The summed E-state index contributed by atoms with van der Waals surface area (Å²) in [5.74, 6) is -0.876.